The van der Waals surface area contributed by atoms with Crippen molar-refractivity contribution >= 4 is 23.4 Å². The Morgan fingerprint density at radius 3 is 3.05 bits per heavy atom. The van der Waals surface area contributed by atoms with Gasteiger partial charge in [0, 0.05) is 19.0 Å². The molecule has 4 rings (SSSR count). The lowest BCUT2D eigenvalue weighted by Gasteiger charge is -2.32. The number of piperidine rings is 1. The van der Waals surface area contributed by atoms with Crippen molar-refractivity contribution in [1.82, 2.24) is 14.9 Å². The minimum absolute atomic E-state index is 0.111. The molecular formula is C12H14ClN5O. The maximum atomic E-state index is 6.07. The van der Waals surface area contributed by atoms with Crippen LogP contribution < -0.4 is 5.32 Å². The van der Waals surface area contributed by atoms with Crippen molar-refractivity contribution in [3.63, 3.8) is 0 Å². The minimum atomic E-state index is -0.111. The first-order chi connectivity index (χ1) is 9.23. The van der Waals surface area contributed by atoms with Gasteiger partial charge in [0.1, 0.15) is 10.8 Å². The number of ether oxygens (including phenoxy) is 1. The average molecular weight is 280 g/mol. The number of hydrogen-bond acceptors (Lipinski definition) is 6. The van der Waals surface area contributed by atoms with E-state index in [9.17, 15) is 0 Å². The van der Waals surface area contributed by atoms with Gasteiger partial charge < -0.3 is 4.74 Å². The van der Waals surface area contributed by atoms with Crippen molar-refractivity contribution in [2.45, 2.75) is 12.0 Å². The molecule has 0 aliphatic carbocycles. The predicted octanol–water partition coefficient (Wildman–Crippen LogP) is 1.00. The molecule has 0 amide bonds. The zero-order valence-electron chi connectivity index (χ0n) is 10.3. The molecule has 3 aliphatic heterocycles. The highest BCUT2D eigenvalue weighted by Crippen LogP contribution is 2.41. The van der Waals surface area contributed by atoms with Gasteiger partial charge in [-0.3, -0.25) is 10.2 Å². The zero-order valence-corrected chi connectivity index (χ0v) is 11.1. The number of nitrogens with zero attached hydrogens (tertiary/aromatic N) is 4. The lowest BCUT2D eigenvalue weighted by Crippen LogP contribution is -2.46. The molecule has 2 bridgehead atoms. The SMILES string of the molecule is Clc1cnc(NC2=NCC3(CN4CCC3C4)O2)cn1. The smallest absolute Gasteiger partial charge is 0.291 e. The number of amidine groups is 1. The summed E-state index contributed by atoms with van der Waals surface area (Å²) in [5, 5.41) is 3.43. The van der Waals surface area contributed by atoms with Crippen LogP contribution in [0.4, 0.5) is 5.82 Å². The summed E-state index contributed by atoms with van der Waals surface area (Å²) >= 11 is 5.70. The molecule has 19 heavy (non-hydrogen) atoms. The van der Waals surface area contributed by atoms with Crippen LogP contribution in [0.15, 0.2) is 17.4 Å². The molecular weight excluding hydrogens is 266 g/mol. The Balaban J connectivity index is 1.46. The number of rotatable bonds is 1. The van der Waals surface area contributed by atoms with Crippen LogP contribution in [-0.4, -0.2) is 52.7 Å². The first-order valence-corrected chi connectivity index (χ1v) is 6.82. The summed E-state index contributed by atoms with van der Waals surface area (Å²) in [5.74, 6) is 1.20. The van der Waals surface area contributed by atoms with Crippen LogP contribution in [0, 0.1) is 5.92 Å². The Bertz CT molecular complexity index is 533. The van der Waals surface area contributed by atoms with Crippen LogP contribution in [-0.2, 0) is 4.74 Å². The Hall–Kier alpha value is -1.40. The van der Waals surface area contributed by atoms with E-state index < -0.39 is 0 Å². The van der Waals surface area contributed by atoms with Gasteiger partial charge in [0.15, 0.2) is 5.82 Å². The lowest BCUT2D eigenvalue weighted by molar-refractivity contribution is 0.0364. The van der Waals surface area contributed by atoms with Crippen molar-refractivity contribution in [3.05, 3.63) is 17.5 Å². The van der Waals surface area contributed by atoms with E-state index in [0.29, 0.717) is 22.9 Å². The largest absolute Gasteiger partial charge is 0.455 e. The second-order valence-electron chi connectivity index (χ2n) is 5.36. The summed E-state index contributed by atoms with van der Waals surface area (Å²) in [6.07, 6.45) is 4.28. The first-order valence-electron chi connectivity index (χ1n) is 6.44. The Morgan fingerprint density at radius 2 is 2.37 bits per heavy atom. The summed E-state index contributed by atoms with van der Waals surface area (Å²) in [6, 6.07) is 0.547. The summed E-state index contributed by atoms with van der Waals surface area (Å²) in [6.45, 7) is 4.06. The molecule has 0 saturated carbocycles. The summed E-state index contributed by atoms with van der Waals surface area (Å²) in [5.41, 5.74) is -0.111. The fourth-order valence-corrected chi connectivity index (χ4v) is 3.32. The normalized spacial score (nSPS) is 35.5. The third-order valence-electron chi connectivity index (χ3n) is 4.15. The molecule has 1 aromatic heterocycles. The van der Waals surface area contributed by atoms with Crippen molar-refractivity contribution < 1.29 is 4.74 Å². The maximum absolute atomic E-state index is 6.07. The van der Waals surface area contributed by atoms with E-state index in [0.717, 1.165) is 19.6 Å². The monoisotopic (exact) mass is 279 g/mol. The third kappa shape index (κ3) is 1.86. The zero-order chi connectivity index (χ0) is 12.9. The van der Waals surface area contributed by atoms with Gasteiger partial charge in [0.2, 0.25) is 0 Å². The van der Waals surface area contributed by atoms with Crippen LogP contribution in [0.1, 0.15) is 6.42 Å². The van der Waals surface area contributed by atoms with Gasteiger partial charge in [-0.1, -0.05) is 11.6 Å². The van der Waals surface area contributed by atoms with Gasteiger partial charge in [-0.2, -0.15) is 0 Å². The van der Waals surface area contributed by atoms with Crippen LogP contribution in [0.5, 0.6) is 0 Å². The lowest BCUT2D eigenvalue weighted by atomic mass is 9.88. The third-order valence-corrected chi connectivity index (χ3v) is 4.35. The molecule has 6 nitrogen and oxygen atoms in total. The first kappa shape index (κ1) is 11.4. The number of fused-ring (bicyclic) bond motifs is 3. The average Bonchev–Trinajstić information content (AvgIpc) is 3.09. The maximum Gasteiger partial charge on any atom is 0.291 e. The molecule has 3 aliphatic rings. The van der Waals surface area contributed by atoms with Crippen molar-refractivity contribution in [2.75, 3.05) is 31.5 Å². The van der Waals surface area contributed by atoms with Gasteiger partial charge in [-0.15, -0.1) is 0 Å². The van der Waals surface area contributed by atoms with Gasteiger partial charge >= 0.3 is 0 Å². The Kier molecular flexibility index (Phi) is 2.43. The fourth-order valence-electron chi connectivity index (χ4n) is 3.22. The topological polar surface area (TPSA) is 62.6 Å². The highest BCUT2D eigenvalue weighted by Gasteiger charge is 2.54. The van der Waals surface area contributed by atoms with E-state index in [-0.39, 0.29) is 5.60 Å². The number of anilines is 1. The summed E-state index contributed by atoms with van der Waals surface area (Å²) in [4.78, 5) is 15.0. The number of halogens is 1. The van der Waals surface area contributed by atoms with E-state index in [2.05, 4.69) is 25.2 Å². The van der Waals surface area contributed by atoms with E-state index in [1.165, 1.54) is 19.2 Å². The van der Waals surface area contributed by atoms with Crippen LogP contribution in [0.25, 0.3) is 0 Å². The van der Waals surface area contributed by atoms with E-state index in [1.54, 1.807) is 6.20 Å². The van der Waals surface area contributed by atoms with Crippen LogP contribution in [0.2, 0.25) is 5.15 Å². The van der Waals surface area contributed by atoms with Crippen molar-refractivity contribution in [3.8, 4) is 0 Å². The standard InChI is InChI=1S/C12H14ClN5O/c13-9-3-15-10(4-14-9)17-11-16-6-12(19-11)7-18-2-1-8(12)5-18/h3-4,8H,1-2,5-7H2,(H,15,16,17). The molecule has 0 radical (unpaired) electrons. The molecule has 3 atom stereocenters. The molecule has 1 aromatic rings. The van der Waals surface area contributed by atoms with E-state index in [4.69, 9.17) is 16.3 Å². The second-order valence-corrected chi connectivity index (χ2v) is 5.75. The highest BCUT2D eigenvalue weighted by molar-refractivity contribution is 6.29. The number of aromatic nitrogens is 2. The number of nitrogens with one attached hydrogen (secondary N) is 1. The molecule has 1 spiro atoms. The van der Waals surface area contributed by atoms with Crippen LogP contribution >= 0.6 is 11.6 Å². The molecule has 4 heterocycles. The van der Waals surface area contributed by atoms with Gasteiger partial charge in [0.05, 0.1) is 18.9 Å². The molecule has 2 saturated heterocycles. The summed E-state index contributed by atoms with van der Waals surface area (Å²) < 4.78 is 6.07. The van der Waals surface area contributed by atoms with Crippen molar-refractivity contribution in [1.29, 1.82) is 0 Å². The quantitative estimate of drug-likeness (QED) is 0.831. The predicted molar refractivity (Wildman–Crippen MR) is 71.3 cm³/mol. The van der Waals surface area contributed by atoms with Crippen LogP contribution in [0.3, 0.4) is 0 Å². The molecule has 3 unspecified atom stereocenters. The van der Waals surface area contributed by atoms with Crippen molar-refractivity contribution in [2.24, 2.45) is 10.9 Å². The molecule has 100 valence electrons. The number of aliphatic imine (C=N–C) groups is 1. The van der Waals surface area contributed by atoms with Gasteiger partial charge in [-0.25, -0.2) is 15.0 Å². The highest BCUT2D eigenvalue weighted by atomic mass is 35.5. The molecule has 1 N–H and O–H groups in total. The minimum Gasteiger partial charge on any atom is -0.455 e. The number of hydrogen-bond donors (Lipinski definition) is 1. The van der Waals surface area contributed by atoms with E-state index >= 15 is 0 Å². The van der Waals surface area contributed by atoms with Gasteiger partial charge in [-0.05, 0) is 13.0 Å². The second kappa shape index (κ2) is 4.05. The fraction of sp³-hybridized carbons (Fsp3) is 0.583. The Morgan fingerprint density at radius 1 is 1.42 bits per heavy atom. The van der Waals surface area contributed by atoms with Gasteiger partial charge in [0.25, 0.3) is 6.02 Å². The molecule has 0 aromatic carbocycles. The summed E-state index contributed by atoms with van der Waals surface area (Å²) in [7, 11) is 0. The molecule has 7 heteroatoms. The molecule has 2 fully saturated rings. The van der Waals surface area contributed by atoms with E-state index in [1.807, 2.05) is 0 Å². The Labute approximate surface area is 115 Å².